The van der Waals surface area contributed by atoms with E-state index in [4.69, 9.17) is 4.74 Å². The molecule has 0 aliphatic carbocycles. The number of carbonyl (C=O) groups excluding carboxylic acids is 1. The van der Waals surface area contributed by atoms with Crippen LogP contribution in [-0.2, 0) is 16.0 Å². The number of morpholine rings is 1. The molecule has 3 rings (SSSR count). The fraction of sp³-hybridized carbons (Fsp3) is 0.500. The molecule has 0 aromatic carbocycles. The molecule has 3 heterocycles. The van der Waals surface area contributed by atoms with Crippen LogP contribution in [0.3, 0.4) is 0 Å². The quantitative estimate of drug-likeness (QED) is 0.727. The summed E-state index contributed by atoms with van der Waals surface area (Å²) in [5, 5.41) is 9.42. The van der Waals surface area contributed by atoms with Crippen LogP contribution in [0.1, 0.15) is 23.4 Å². The van der Waals surface area contributed by atoms with E-state index >= 15 is 0 Å². The highest BCUT2D eigenvalue weighted by Crippen LogP contribution is 2.12. The number of aromatic nitrogens is 4. The third-order valence-corrected chi connectivity index (χ3v) is 4.10. The Bertz CT molecular complexity index is 806. The first-order valence-corrected chi connectivity index (χ1v) is 8.27. The third kappa shape index (κ3) is 4.24. The second kappa shape index (κ2) is 7.47. The fourth-order valence-electron chi connectivity index (χ4n) is 2.74. The number of rotatable bonds is 5. The number of anilines is 2. The van der Waals surface area contributed by atoms with E-state index in [-0.39, 0.29) is 17.9 Å². The molecule has 1 fully saturated rings. The molecule has 0 atom stereocenters. The van der Waals surface area contributed by atoms with Crippen molar-refractivity contribution in [2.75, 3.05) is 36.5 Å². The molecule has 1 aliphatic heterocycles. The number of aryl methyl sites for hydroxylation is 2. The lowest BCUT2D eigenvalue weighted by atomic mass is 10.1. The molecule has 0 bridgehead atoms. The number of nitrogens with one attached hydrogen (secondary N) is 3. The topological polar surface area (TPSA) is 116 Å². The van der Waals surface area contributed by atoms with Crippen molar-refractivity contribution in [3.05, 3.63) is 33.4 Å². The third-order valence-electron chi connectivity index (χ3n) is 4.10. The van der Waals surface area contributed by atoms with Gasteiger partial charge in [-0.15, -0.1) is 0 Å². The monoisotopic (exact) mass is 346 g/mol. The van der Waals surface area contributed by atoms with Crippen molar-refractivity contribution in [3.8, 4) is 0 Å². The Kier molecular flexibility index (Phi) is 5.13. The number of nitrogens with zero attached hydrogens (tertiary/aromatic N) is 3. The molecule has 1 aliphatic rings. The Hall–Kier alpha value is -2.68. The highest BCUT2D eigenvalue weighted by atomic mass is 16.5. The molecular formula is C16H22N6O3. The van der Waals surface area contributed by atoms with Gasteiger partial charge in [0.2, 0.25) is 11.9 Å². The van der Waals surface area contributed by atoms with E-state index < -0.39 is 0 Å². The van der Waals surface area contributed by atoms with Gasteiger partial charge in [-0.25, -0.2) is 4.98 Å². The largest absolute Gasteiger partial charge is 0.378 e. The minimum atomic E-state index is -0.197. The van der Waals surface area contributed by atoms with E-state index in [1.807, 2.05) is 11.8 Å². The van der Waals surface area contributed by atoms with Crippen molar-refractivity contribution in [2.24, 2.45) is 0 Å². The van der Waals surface area contributed by atoms with Crippen molar-refractivity contribution in [1.29, 1.82) is 0 Å². The molecule has 2 aromatic rings. The van der Waals surface area contributed by atoms with Crippen molar-refractivity contribution in [1.82, 2.24) is 20.2 Å². The average Bonchev–Trinajstić information content (AvgIpc) is 2.99. The molecule has 1 saturated heterocycles. The Labute approximate surface area is 144 Å². The first-order chi connectivity index (χ1) is 12.0. The minimum absolute atomic E-state index is 0.189. The predicted octanol–water partition coefficient (Wildman–Crippen LogP) is 0.518. The Morgan fingerprint density at radius 2 is 2.12 bits per heavy atom. The average molecular weight is 346 g/mol. The second-order valence-corrected chi connectivity index (χ2v) is 6.04. The number of hydrogen-bond acceptors (Lipinski definition) is 6. The van der Waals surface area contributed by atoms with Gasteiger partial charge in [-0.2, -0.15) is 5.10 Å². The maximum atomic E-state index is 12.4. The van der Waals surface area contributed by atoms with Gasteiger partial charge in [-0.05, 0) is 20.3 Å². The molecule has 134 valence electrons. The summed E-state index contributed by atoms with van der Waals surface area (Å²) in [6.45, 7) is 6.30. The van der Waals surface area contributed by atoms with Crippen LogP contribution in [0.15, 0.2) is 10.9 Å². The SMILES string of the molecule is Cc1cc(NC(=O)CCc2c(C)nc(N3CCOCC3)[nH]c2=O)n[nH]1. The molecule has 25 heavy (non-hydrogen) atoms. The molecule has 0 radical (unpaired) electrons. The van der Waals surface area contributed by atoms with Crippen LogP contribution in [0.2, 0.25) is 0 Å². The lowest BCUT2D eigenvalue weighted by Gasteiger charge is -2.27. The van der Waals surface area contributed by atoms with Crippen LogP contribution in [-0.4, -0.2) is 52.4 Å². The van der Waals surface area contributed by atoms with Crippen LogP contribution in [0.25, 0.3) is 0 Å². The highest BCUT2D eigenvalue weighted by molar-refractivity contribution is 5.89. The van der Waals surface area contributed by atoms with Crippen molar-refractivity contribution in [2.45, 2.75) is 26.7 Å². The molecule has 1 amide bonds. The Balaban J connectivity index is 1.64. The van der Waals surface area contributed by atoms with Crippen LogP contribution in [0, 0.1) is 13.8 Å². The summed E-state index contributed by atoms with van der Waals surface area (Å²) in [6, 6.07) is 1.74. The predicted molar refractivity (Wildman–Crippen MR) is 92.9 cm³/mol. The van der Waals surface area contributed by atoms with Gasteiger partial charge in [0.15, 0.2) is 5.82 Å². The maximum absolute atomic E-state index is 12.4. The number of aromatic amines is 2. The maximum Gasteiger partial charge on any atom is 0.255 e. The van der Waals surface area contributed by atoms with E-state index in [0.717, 1.165) is 5.69 Å². The smallest absolute Gasteiger partial charge is 0.255 e. The summed E-state index contributed by atoms with van der Waals surface area (Å²) in [5.74, 6) is 0.850. The van der Waals surface area contributed by atoms with Crippen molar-refractivity contribution < 1.29 is 9.53 Å². The zero-order chi connectivity index (χ0) is 17.8. The number of carbonyl (C=O) groups is 1. The zero-order valence-electron chi connectivity index (χ0n) is 14.4. The van der Waals surface area contributed by atoms with Crippen molar-refractivity contribution in [3.63, 3.8) is 0 Å². The van der Waals surface area contributed by atoms with E-state index in [0.29, 0.717) is 55.7 Å². The van der Waals surface area contributed by atoms with Gasteiger partial charge in [0.1, 0.15) is 0 Å². The van der Waals surface area contributed by atoms with E-state index in [1.165, 1.54) is 0 Å². The lowest BCUT2D eigenvalue weighted by Crippen LogP contribution is -2.38. The van der Waals surface area contributed by atoms with Gasteiger partial charge in [0.25, 0.3) is 5.56 Å². The first-order valence-electron chi connectivity index (χ1n) is 8.27. The van der Waals surface area contributed by atoms with Gasteiger partial charge < -0.3 is 15.0 Å². The molecule has 0 saturated carbocycles. The van der Waals surface area contributed by atoms with E-state index in [2.05, 4.69) is 25.5 Å². The van der Waals surface area contributed by atoms with E-state index in [1.54, 1.807) is 13.0 Å². The van der Waals surface area contributed by atoms with Gasteiger partial charge in [-0.3, -0.25) is 19.7 Å². The summed E-state index contributed by atoms with van der Waals surface area (Å²) in [6.07, 6.45) is 0.515. The van der Waals surface area contributed by atoms with Crippen LogP contribution in [0.5, 0.6) is 0 Å². The summed E-state index contributed by atoms with van der Waals surface area (Å²) in [7, 11) is 0. The van der Waals surface area contributed by atoms with Gasteiger partial charge in [0.05, 0.1) is 13.2 Å². The fourth-order valence-corrected chi connectivity index (χ4v) is 2.74. The number of H-pyrrole nitrogens is 2. The van der Waals surface area contributed by atoms with Crippen LogP contribution in [0.4, 0.5) is 11.8 Å². The summed E-state index contributed by atoms with van der Waals surface area (Å²) in [4.78, 5) is 33.7. The Morgan fingerprint density at radius 1 is 1.36 bits per heavy atom. The number of ether oxygens (including phenoxy) is 1. The molecule has 0 unspecified atom stereocenters. The molecule has 3 N–H and O–H groups in total. The standard InChI is InChI=1S/C16H22N6O3/c1-10-9-13(21-20-10)18-14(23)4-3-12-11(2)17-16(19-15(12)24)22-5-7-25-8-6-22/h9H,3-8H2,1-2H3,(H,17,19,24)(H2,18,20,21,23). The van der Waals surface area contributed by atoms with Gasteiger partial charge in [0, 0.05) is 42.5 Å². The van der Waals surface area contributed by atoms with E-state index in [9.17, 15) is 9.59 Å². The normalized spacial score (nSPS) is 14.6. The molecule has 0 spiro atoms. The minimum Gasteiger partial charge on any atom is -0.378 e. The highest BCUT2D eigenvalue weighted by Gasteiger charge is 2.17. The zero-order valence-corrected chi connectivity index (χ0v) is 14.4. The van der Waals surface area contributed by atoms with Gasteiger partial charge in [-0.1, -0.05) is 0 Å². The second-order valence-electron chi connectivity index (χ2n) is 6.04. The van der Waals surface area contributed by atoms with Crippen LogP contribution < -0.4 is 15.8 Å². The molecule has 9 nitrogen and oxygen atoms in total. The number of hydrogen-bond donors (Lipinski definition) is 3. The van der Waals surface area contributed by atoms with Gasteiger partial charge >= 0.3 is 0 Å². The molecule has 9 heteroatoms. The summed E-state index contributed by atoms with van der Waals surface area (Å²) >= 11 is 0. The Morgan fingerprint density at radius 3 is 2.76 bits per heavy atom. The van der Waals surface area contributed by atoms with Crippen molar-refractivity contribution >= 4 is 17.7 Å². The number of amides is 1. The summed E-state index contributed by atoms with van der Waals surface area (Å²) in [5.41, 5.74) is 1.85. The molecule has 2 aromatic heterocycles. The first kappa shape index (κ1) is 17.2. The lowest BCUT2D eigenvalue weighted by molar-refractivity contribution is -0.116. The molecular weight excluding hydrogens is 324 g/mol. The summed E-state index contributed by atoms with van der Waals surface area (Å²) < 4.78 is 5.31. The van der Waals surface area contributed by atoms with Crippen LogP contribution >= 0.6 is 0 Å².